The Morgan fingerprint density at radius 1 is 1.04 bits per heavy atom. The largest absolute Gasteiger partial charge is 0.461 e. The third-order valence-corrected chi connectivity index (χ3v) is 4.84. The van der Waals surface area contributed by atoms with Crippen molar-refractivity contribution in [2.75, 3.05) is 11.9 Å². The quantitative estimate of drug-likeness (QED) is 0.629. The number of benzene rings is 2. The number of anilines is 1. The van der Waals surface area contributed by atoms with Crippen LogP contribution in [0.15, 0.2) is 65.1 Å². The number of nitrogens with zero attached hydrogens (tertiary/aromatic N) is 1. The smallest absolute Gasteiger partial charge is 0.416 e. The lowest BCUT2D eigenvalue weighted by molar-refractivity contribution is -0.137. The Hall–Kier alpha value is -3.02. The van der Waals surface area contributed by atoms with Gasteiger partial charge in [0.2, 0.25) is 5.91 Å². The second-order valence-corrected chi connectivity index (χ2v) is 6.56. The number of rotatable bonds is 3. The fourth-order valence-electron chi connectivity index (χ4n) is 3.46. The van der Waals surface area contributed by atoms with Gasteiger partial charge in [0.1, 0.15) is 11.5 Å². The van der Waals surface area contributed by atoms with Crippen molar-refractivity contribution < 1.29 is 22.4 Å². The zero-order chi connectivity index (χ0) is 19.2. The topological polar surface area (TPSA) is 33.5 Å². The Kier molecular flexibility index (Phi) is 4.06. The van der Waals surface area contributed by atoms with Crippen LogP contribution in [0.1, 0.15) is 22.8 Å². The molecule has 1 aliphatic rings. The van der Waals surface area contributed by atoms with Gasteiger partial charge in [-0.1, -0.05) is 30.3 Å². The summed E-state index contributed by atoms with van der Waals surface area (Å²) in [6.45, 7) is 0. The number of hydrogen-bond acceptors (Lipinski definition) is 2. The Morgan fingerprint density at radius 3 is 2.59 bits per heavy atom. The second kappa shape index (κ2) is 6.30. The predicted octanol–water partition coefficient (Wildman–Crippen LogP) is 5.27. The van der Waals surface area contributed by atoms with Crippen molar-refractivity contribution in [2.24, 2.45) is 0 Å². The Morgan fingerprint density at radius 2 is 1.81 bits per heavy atom. The van der Waals surface area contributed by atoms with Gasteiger partial charge in [-0.3, -0.25) is 4.79 Å². The first-order valence-electron chi connectivity index (χ1n) is 8.47. The number of halogens is 3. The van der Waals surface area contributed by atoms with Crippen LogP contribution >= 0.6 is 0 Å². The van der Waals surface area contributed by atoms with Crippen LogP contribution in [0.3, 0.4) is 0 Å². The normalized spacial score (nSPS) is 16.7. The second-order valence-electron chi connectivity index (χ2n) is 6.56. The van der Waals surface area contributed by atoms with Crippen LogP contribution in [0.25, 0.3) is 11.3 Å². The number of fused-ring (bicyclic) bond motifs is 1. The molecule has 0 N–H and O–H groups in total. The zero-order valence-corrected chi connectivity index (χ0v) is 14.5. The zero-order valence-electron chi connectivity index (χ0n) is 14.5. The molecule has 0 fully saturated rings. The van der Waals surface area contributed by atoms with E-state index in [1.807, 2.05) is 24.3 Å². The van der Waals surface area contributed by atoms with E-state index >= 15 is 0 Å². The molecule has 27 heavy (non-hydrogen) atoms. The van der Waals surface area contributed by atoms with Gasteiger partial charge in [0.05, 0.1) is 11.5 Å². The molecule has 0 saturated heterocycles. The summed E-state index contributed by atoms with van der Waals surface area (Å²) in [5.41, 5.74) is 1.44. The lowest BCUT2D eigenvalue weighted by Crippen LogP contribution is -2.24. The van der Waals surface area contributed by atoms with E-state index in [1.165, 1.54) is 6.07 Å². The summed E-state index contributed by atoms with van der Waals surface area (Å²) in [6, 6.07) is 15.9. The van der Waals surface area contributed by atoms with Gasteiger partial charge in [0.25, 0.3) is 0 Å². The first kappa shape index (κ1) is 17.4. The summed E-state index contributed by atoms with van der Waals surface area (Å²) in [5.74, 6) is 0.536. The van der Waals surface area contributed by atoms with Crippen molar-refractivity contribution >= 4 is 11.6 Å². The van der Waals surface area contributed by atoms with Crippen molar-refractivity contribution in [1.82, 2.24) is 0 Å². The van der Waals surface area contributed by atoms with Crippen LogP contribution in [-0.4, -0.2) is 13.0 Å². The summed E-state index contributed by atoms with van der Waals surface area (Å²) in [4.78, 5) is 14.2. The molecule has 0 aliphatic carbocycles. The maximum Gasteiger partial charge on any atom is 0.416 e. The van der Waals surface area contributed by atoms with Gasteiger partial charge >= 0.3 is 6.18 Å². The van der Waals surface area contributed by atoms with E-state index < -0.39 is 11.7 Å². The highest BCUT2D eigenvalue weighted by Gasteiger charge is 2.35. The van der Waals surface area contributed by atoms with E-state index in [0.717, 1.165) is 23.4 Å². The SMILES string of the molecule is CN1C(=O)[C@H](Cc2ccc(-c3cccc(C(F)(F)F)c3)o2)c2ccccc21. The number of hydrogen-bond donors (Lipinski definition) is 0. The summed E-state index contributed by atoms with van der Waals surface area (Å²) in [5, 5.41) is 0. The standard InChI is InChI=1S/C21H16F3NO2/c1-25-18-8-3-2-7-16(18)17(20(25)26)12-15-9-10-19(27-15)13-5-4-6-14(11-13)21(22,23)24/h2-11,17H,12H2,1H3/t17-/m1/s1. The molecule has 0 saturated carbocycles. The lowest BCUT2D eigenvalue weighted by atomic mass is 9.96. The lowest BCUT2D eigenvalue weighted by Gasteiger charge is -2.10. The minimum Gasteiger partial charge on any atom is -0.461 e. The van der Waals surface area contributed by atoms with Crippen molar-refractivity contribution in [3.8, 4) is 11.3 Å². The average Bonchev–Trinajstić information content (AvgIpc) is 3.21. The molecule has 1 atom stereocenters. The molecule has 0 radical (unpaired) electrons. The van der Waals surface area contributed by atoms with E-state index in [2.05, 4.69) is 0 Å². The third-order valence-electron chi connectivity index (χ3n) is 4.84. The van der Waals surface area contributed by atoms with Crippen molar-refractivity contribution in [2.45, 2.75) is 18.5 Å². The van der Waals surface area contributed by atoms with E-state index in [0.29, 0.717) is 23.5 Å². The van der Waals surface area contributed by atoms with Crippen molar-refractivity contribution in [3.63, 3.8) is 0 Å². The van der Waals surface area contributed by atoms with E-state index in [4.69, 9.17) is 4.42 Å². The van der Waals surface area contributed by atoms with Gasteiger partial charge in [-0.25, -0.2) is 0 Å². The molecule has 3 aromatic rings. The molecule has 2 heterocycles. The van der Waals surface area contributed by atoms with Crippen LogP contribution in [0.5, 0.6) is 0 Å². The molecule has 3 nitrogen and oxygen atoms in total. The fraction of sp³-hybridized carbons (Fsp3) is 0.190. The first-order valence-corrected chi connectivity index (χ1v) is 8.47. The number of carbonyl (C=O) groups is 1. The molecule has 0 unspecified atom stereocenters. The molecule has 4 rings (SSSR count). The molecule has 0 bridgehead atoms. The summed E-state index contributed by atoms with van der Waals surface area (Å²) >= 11 is 0. The third kappa shape index (κ3) is 3.12. The minimum absolute atomic E-state index is 0.0202. The van der Waals surface area contributed by atoms with Gasteiger partial charge in [-0.05, 0) is 35.9 Å². The number of para-hydroxylation sites is 1. The van der Waals surface area contributed by atoms with Gasteiger partial charge in [-0.2, -0.15) is 13.2 Å². The summed E-state index contributed by atoms with van der Waals surface area (Å²) in [6.07, 6.45) is -4.05. The molecule has 1 aromatic heterocycles. The van der Waals surface area contributed by atoms with Gasteiger partial charge in [-0.15, -0.1) is 0 Å². The first-order chi connectivity index (χ1) is 12.8. The predicted molar refractivity (Wildman–Crippen MR) is 95.4 cm³/mol. The van der Waals surface area contributed by atoms with E-state index in [9.17, 15) is 18.0 Å². The molecule has 1 amide bonds. The number of amides is 1. The van der Waals surface area contributed by atoms with Crippen molar-refractivity contribution in [1.29, 1.82) is 0 Å². The number of alkyl halides is 3. The fourth-order valence-corrected chi connectivity index (χ4v) is 3.46. The minimum atomic E-state index is -4.41. The van der Waals surface area contributed by atoms with Crippen LogP contribution in [0, 0.1) is 0 Å². The van der Waals surface area contributed by atoms with Crippen LogP contribution in [0.2, 0.25) is 0 Å². The molecule has 1 aliphatic heterocycles. The molecule has 138 valence electrons. The average molecular weight is 371 g/mol. The van der Waals surface area contributed by atoms with Crippen LogP contribution < -0.4 is 4.90 Å². The van der Waals surface area contributed by atoms with E-state index in [-0.39, 0.29) is 11.8 Å². The molecule has 0 spiro atoms. The van der Waals surface area contributed by atoms with Gasteiger partial charge in [0, 0.05) is 24.7 Å². The monoisotopic (exact) mass is 371 g/mol. The van der Waals surface area contributed by atoms with Crippen molar-refractivity contribution in [3.05, 3.63) is 77.6 Å². The van der Waals surface area contributed by atoms with Crippen LogP contribution in [0.4, 0.5) is 18.9 Å². The Labute approximate surface area is 154 Å². The van der Waals surface area contributed by atoms with E-state index in [1.54, 1.807) is 30.1 Å². The number of carbonyl (C=O) groups excluding carboxylic acids is 1. The Balaban J connectivity index is 1.60. The molecule has 6 heteroatoms. The molecule has 2 aromatic carbocycles. The Bertz CT molecular complexity index is 1010. The van der Waals surface area contributed by atoms with Gasteiger partial charge < -0.3 is 9.32 Å². The maximum absolute atomic E-state index is 12.9. The van der Waals surface area contributed by atoms with Gasteiger partial charge in [0.15, 0.2) is 0 Å². The highest BCUT2D eigenvalue weighted by molar-refractivity contribution is 6.04. The highest BCUT2D eigenvalue weighted by Crippen LogP contribution is 2.39. The summed E-state index contributed by atoms with van der Waals surface area (Å²) in [7, 11) is 1.73. The summed E-state index contributed by atoms with van der Waals surface area (Å²) < 4.78 is 44.5. The molecular weight excluding hydrogens is 355 g/mol. The highest BCUT2D eigenvalue weighted by atomic mass is 19.4. The molecular formula is C21H16F3NO2. The maximum atomic E-state index is 12.9. The van der Waals surface area contributed by atoms with Crippen LogP contribution in [-0.2, 0) is 17.4 Å². The number of likely N-dealkylation sites (N-methyl/N-ethyl adjacent to an activating group) is 1. The number of furan rings is 1.